The van der Waals surface area contributed by atoms with Gasteiger partial charge in [0.05, 0.1) is 21.3 Å². The van der Waals surface area contributed by atoms with Crippen molar-refractivity contribution in [1.82, 2.24) is 0 Å². The highest BCUT2D eigenvalue weighted by molar-refractivity contribution is 5.62. The molecule has 2 rings (SSSR count). The zero-order chi connectivity index (χ0) is 14.5. The molecule has 5 nitrogen and oxygen atoms in total. The Morgan fingerprint density at radius 1 is 1.05 bits per heavy atom. The second-order valence-corrected chi connectivity index (χ2v) is 5.18. The van der Waals surface area contributed by atoms with Crippen LogP contribution in [0.5, 0.6) is 17.2 Å². The molecular formula is C15H24N2O3. The maximum atomic E-state index is 6.03. The number of benzene rings is 1. The lowest BCUT2D eigenvalue weighted by molar-refractivity contribution is 0.324. The van der Waals surface area contributed by atoms with Crippen molar-refractivity contribution in [2.24, 2.45) is 5.73 Å². The zero-order valence-electron chi connectivity index (χ0n) is 12.4. The number of hydrogen-bond donors (Lipinski definition) is 2. The van der Waals surface area contributed by atoms with Crippen LogP contribution in [0.4, 0.5) is 5.69 Å². The van der Waals surface area contributed by atoms with Gasteiger partial charge in [-0.2, -0.15) is 0 Å². The number of methoxy groups -OCH3 is 3. The van der Waals surface area contributed by atoms with Crippen LogP contribution in [0.1, 0.15) is 25.7 Å². The van der Waals surface area contributed by atoms with Crippen LogP contribution in [0.2, 0.25) is 0 Å². The van der Waals surface area contributed by atoms with Gasteiger partial charge in [-0.05, 0) is 25.7 Å². The monoisotopic (exact) mass is 280 g/mol. The average Bonchev–Trinajstić information content (AvgIpc) is 2.46. The van der Waals surface area contributed by atoms with E-state index in [0.717, 1.165) is 24.9 Å². The van der Waals surface area contributed by atoms with Crippen LogP contribution in [-0.2, 0) is 0 Å². The van der Waals surface area contributed by atoms with Crippen LogP contribution in [0.3, 0.4) is 0 Å². The molecule has 1 aromatic carbocycles. The summed E-state index contributed by atoms with van der Waals surface area (Å²) in [6, 6.07) is 4.56. The molecule has 0 saturated heterocycles. The van der Waals surface area contributed by atoms with Gasteiger partial charge in [-0.1, -0.05) is 0 Å². The van der Waals surface area contributed by atoms with Gasteiger partial charge in [0.25, 0.3) is 0 Å². The molecule has 5 heteroatoms. The molecule has 0 radical (unpaired) electrons. The first-order chi connectivity index (χ1) is 9.67. The molecule has 1 fully saturated rings. The molecule has 112 valence electrons. The standard InChI is InChI=1S/C15H24N2O3/c1-18-13-8-12(9-14(19-2)15(13)20-3)17-11-6-4-5-10(16)7-11/h8-11,17H,4-7,16H2,1-3H3. The van der Waals surface area contributed by atoms with Crippen molar-refractivity contribution >= 4 is 5.69 Å². The minimum absolute atomic E-state index is 0.295. The number of nitrogens with two attached hydrogens (primary N) is 1. The van der Waals surface area contributed by atoms with E-state index < -0.39 is 0 Å². The number of nitrogens with one attached hydrogen (secondary N) is 1. The highest BCUT2D eigenvalue weighted by Crippen LogP contribution is 2.40. The van der Waals surface area contributed by atoms with E-state index >= 15 is 0 Å². The van der Waals surface area contributed by atoms with Crippen molar-refractivity contribution in [2.75, 3.05) is 26.6 Å². The van der Waals surface area contributed by atoms with E-state index in [4.69, 9.17) is 19.9 Å². The normalized spacial score (nSPS) is 22.2. The number of hydrogen-bond acceptors (Lipinski definition) is 5. The number of rotatable bonds is 5. The molecule has 2 atom stereocenters. The lowest BCUT2D eigenvalue weighted by Gasteiger charge is -2.28. The van der Waals surface area contributed by atoms with Crippen LogP contribution in [0.15, 0.2) is 12.1 Å². The molecule has 3 N–H and O–H groups in total. The van der Waals surface area contributed by atoms with Gasteiger partial charge in [-0.3, -0.25) is 0 Å². The first kappa shape index (κ1) is 14.8. The molecular weight excluding hydrogens is 256 g/mol. The zero-order valence-corrected chi connectivity index (χ0v) is 12.4. The molecule has 2 unspecified atom stereocenters. The van der Waals surface area contributed by atoms with E-state index in [9.17, 15) is 0 Å². The molecule has 1 aliphatic carbocycles. The SMILES string of the molecule is COc1cc(NC2CCCC(N)C2)cc(OC)c1OC. The fraction of sp³-hybridized carbons (Fsp3) is 0.600. The summed E-state index contributed by atoms with van der Waals surface area (Å²) >= 11 is 0. The third kappa shape index (κ3) is 3.28. The van der Waals surface area contributed by atoms with Gasteiger partial charge in [-0.15, -0.1) is 0 Å². The molecule has 20 heavy (non-hydrogen) atoms. The molecule has 1 aromatic rings. The Morgan fingerprint density at radius 3 is 2.20 bits per heavy atom. The summed E-state index contributed by atoms with van der Waals surface area (Å²) in [4.78, 5) is 0. The summed E-state index contributed by atoms with van der Waals surface area (Å²) in [5, 5.41) is 3.52. The predicted molar refractivity (Wildman–Crippen MR) is 80.0 cm³/mol. The predicted octanol–water partition coefficient (Wildman–Crippen LogP) is 2.39. The van der Waals surface area contributed by atoms with Gasteiger partial charge < -0.3 is 25.3 Å². The fourth-order valence-corrected chi connectivity index (χ4v) is 2.76. The van der Waals surface area contributed by atoms with E-state index in [1.54, 1.807) is 21.3 Å². The topological polar surface area (TPSA) is 65.7 Å². The lowest BCUT2D eigenvalue weighted by Crippen LogP contribution is -2.34. The van der Waals surface area contributed by atoms with Gasteiger partial charge in [-0.25, -0.2) is 0 Å². The molecule has 0 aliphatic heterocycles. The van der Waals surface area contributed by atoms with Gasteiger partial charge in [0, 0.05) is 29.9 Å². The molecule has 0 spiro atoms. The maximum Gasteiger partial charge on any atom is 0.203 e. The van der Waals surface area contributed by atoms with Crippen LogP contribution >= 0.6 is 0 Å². The molecule has 1 aliphatic rings. The smallest absolute Gasteiger partial charge is 0.203 e. The average molecular weight is 280 g/mol. The second-order valence-electron chi connectivity index (χ2n) is 5.18. The Bertz CT molecular complexity index is 426. The van der Waals surface area contributed by atoms with Crippen LogP contribution < -0.4 is 25.3 Å². The molecule has 1 saturated carbocycles. The first-order valence-electron chi connectivity index (χ1n) is 7.00. The Hall–Kier alpha value is -1.62. The Morgan fingerprint density at radius 2 is 1.70 bits per heavy atom. The third-order valence-electron chi connectivity index (χ3n) is 3.75. The molecule has 0 aromatic heterocycles. The van der Waals surface area contributed by atoms with Crippen LogP contribution in [0.25, 0.3) is 0 Å². The summed E-state index contributed by atoms with van der Waals surface area (Å²) in [5.74, 6) is 1.94. The van der Waals surface area contributed by atoms with Crippen molar-refractivity contribution in [2.45, 2.75) is 37.8 Å². The minimum Gasteiger partial charge on any atom is -0.493 e. The van der Waals surface area contributed by atoms with Crippen molar-refractivity contribution in [3.8, 4) is 17.2 Å². The summed E-state index contributed by atoms with van der Waals surface area (Å²) in [7, 11) is 4.85. The number of anilines is 1. The highest BCUT2D eigenvalue weighted by Gasteiger charge is 2.20. The summed E-state index contributed by atoms with van der Waals surface area (Å²) < 4.78 is 16.0. The highest BCUT2D eigenvalue weighted by atomic mass is 16.5. The molecule has 0 amide bonds. The van der Waals surface area contributed by atoms with Crippen molar-refractivity contribution in [3.63, 3.8) is 0 Å². The fourth-order valence-electron chi connectivity index (χ4n) is 2.76. The third-order valence-corrected chi connectivity index (χ3v) is 3.75. The quantitative estimate of drug-likeness (QED) is 0.867. The van der Waals surface area contributed by atoms with E-state index in [-0.39, 0.29) is 0 Å². The molecule has 0 heterocycles. The summed E-state index contributed by atoms with van der Waals surface area (Å²) in [6.07, 6.45) is 4.43. The molecule has 0 bridgehead atoms. The lowest BCUT2D eigenvalue weighted by atomic mass is 9.91. The Labute approximate surface area is 120 Å². The van der Waals surface area contributed by atoms with Crippen LogP contribution in [-0.4, -0.2) is 33.4 Å². The van der Waals surface area contributed by atoms with E-state index in [1.807, 2.05) is 12.1 Å². The van der Waals surface area contributed by atoms with Gasteiger partial charge in [0.2, 0.25) is 5.75 Å². The first-order valence-corrected chi connectivity index (χ1v) is 7.00. The number of ether oxygens (including phenoxy) is 3. The second kappa shape index (κ2) is 6.70. The van der Waals surface area contributed by atoms with Gasteiger partial charge >= 0.3 is 0 Å². The largest absolute Gasteiger partial charge is 0.493 e. The van der Waals surface area contributed by atoms with E-state index in [2.05, 4.69) is 5.32 Å². The van der Waals surface area contributed by atoms with Crippen molar-refractivity contribution in [1.29, 1.82) is 0 Å². The van der Waals surface area contributed by atoms with Gasteiger partial charge in [0.15, 0.2) is 11.5 Å². The van der Waals surface area contributed by atoms with E-state index in [0.29, 0.717) is 29.3 Å². The summed E-state index contributed by atoms with van der Waals surface area (Å²) in [5.41, 5.74) is 7.00. The van der Waals surface area contributed by atoms with Crippen molar-refractivity contribution in [3.05, 3.63) is 12.1 Å². The minimum atomic E-state index is 0.295. The van der Waals surface area contributed by atoms with Gasteiger partial charge in [0.1, 0.15) is 0 Å². The van der Waals surface area contributed by atoms with E-state index in [1.165, 1.54) is 6.42 Å². The maximum absolute atomic E-state index is 6.03. The Balaban J connectivity index is 2.19. The summed E-state index contributed by atoms with van der Waals surface area (Å²) in [6.45, 7) is 0. The van der Waals surface area contributed by atoms with Crippen LogP contribution in [0, 0.1) is 0 Å². The van der Waals surface area contributed by atoms with Crippen molar-refractivity contribution < 1.29 is 14.2 Å². The Kier molecular flexibility index (Phi) is 4.95.